The molecule has 0 amide bonds. The fourth-order valence-corrected chi connectivity index (χ4v) is 4.36. The van der Waals surface area contributed by atoms with E-state index in [9.17, 15) is 0 Å². The summed E-state index contributed by atoms with van der Waals surface area (Å²) < 4.78 is 9.48. The third-order valence-corrected chi connectivity index (χ3v) is 6.40. The van der Waals surface area contributed by atoms with Gasteiger partial charge in [0.2, 0.25) is 0 Å². The van der Waals surface area contributed by atoms with Crippen molar-refractivity contribution in [3.05, 3.63) is 66.0 Å². The van der Waals surface area contributed by atoms with E-state index in [-0.39, 0.29) is 6.10 Å². The van der Waals surface area contributed by atoms with Crippen LogP contribution in [-0.4, -0.2) is 56.8 Å². The molecule has 0 saturated carbocycles. The van der Waals surface area contributed by atoms with Gasteiger partial charge in [0.25, 0.3) is 0 Å². The van der Waals surface area contributed by atoms with Crippen molar-refractivity contribution in [2.24, 2.45) is 0 Å². The maximum atomic E-state index is 5.83. The Morgan fingerprint density at radius 3 is 2.50 bits per heavy atom. The summed E-state index contributed by atoms with van der Waals surface area (Å²) in [6.45, 7) is 4.15. The smallest absolute Gasteiger partial charge is 0.113 e. The van der Waals surface area contributed by atoms with Gasteiger partial charge < -0.3 is 9.64 Å². The summed E-state index contributed by atoms with van der Waals surface area (Å²) in [4.78, 5) is 2.07. The second-order valence-electron chi connectivity index (χ2n) is 9.39. The van der Waals surface area contributed by atoms with Crippen LogP contribution in [0.3, 0.4) is 0 Å². The first-order chi connectivity index (χ1) is 17.5. The summed E-state index contributed by atoms with van der Waals surface area (Å²) >= 11 is 0. The Kier molecular flexibility index (Phi) is 7.10. The molecule has 1 unspecified atom stereocenters. The fourth-order valence-electron chi connectivity index (χ4n) is 4.36. The molecular formula is C28H31N7O. The van der Waals surface area contributed by atoms with Crippen molar-refractivity contribution in [3.63, 3.8) is 0 Å². The van der Waals surface area contributed by atoms with Crippen molar-refractivity contribution in [3.8, 4) is 34.4 Å². The zero-order valence-electron chi connectivity index (χ0n) is 21.1. The lowest BCUT2D eigenvalue weighted by Gasteiger charge is -2.21. The zero-order chi connectivity index (χ0) is 24.9. The van der Waals surface area contributed by atoms with Crippen LogP contribution in [0.25, 0.3) is 22.5 Å². The predicted octanol–water partition coefficient (Wildman–Crippen LogP) is 4.20. The second-order valence-corrected chi connectivity index (χ2v) is 9.39. The third-order valence-electron chi connectivity index (χ3n) is 6.40. The highest BCUT2D eigenvalue weighted by Gasteiger charge is 2.16. The minimum Gasteiger partial charge on any atom is -0.378 e. The molecule has 5 rings (SSSR count). The fraction of sp³-hybridized carbons (Fsp3) is 0.357. The van der Waals surface area contributed by atoms with E-state index in [1.165, 1.54) is 6.42 Å². The van der Waals surface area contributed by atoms with Crippen LogP contribution in [-0.2, 0) is 17.8 Å². The first kappa shape index (κ1) is 23.8. The van der Waals surface area contributed by atoms with Gasteiger partial charge in [0.1, 0.15) is 17.9 Å². The van der Waals surface area contributed by atoms with Gasteiger partial charge in [-0.25, -0.2) is 9.36 Å². The Labute approximate surface area is 211 Å². The van der Waals surface area contributed by atoms with Gasteiger partial charge in [-0.3, -0.25) is 0 Å². The molecule has 0 radical (unpaired) electrons. The van der Waals surface area contributed by atoms with E-state index >= 15 is 0 Å². The van der Waals surface area contributed by atoms with Gasteiger partial charge in [0, 0.05) is 43.1 Å². The van der Waals surface area contributed by atoms with Crippen LogP contribution < -0.4 is 4.90 Å². The number of benzene rings is 2. The number of nitrogens with zero attached hydrogens (tertiary/aromatic N) is 7. The van der Waals surface area contributed by atoms with Crippen molar-refractivity contribution >= 4 is 5.69 Å². The third kappa shape index (κ3) is 5.64. The number of hydrogen-bond acceptors (Lipinski definition) is 6. The van der Waals surface area contributed by atoms with Crippen LogP contribution in [0.15, 0.2) is 54.9 Å². The monoisotopic (exact) mass is 481 g/mol. The van der Waals surface area contributed by atoms with Crippen molar-refractivity contribution in [1.82, 2.24) is 30.0 Å². The SMILES string of the molecule is Cc1cc(C#CCn2cc(-c3ccc(N(C)C)cc3)nn2)ccc1-c1cn(CC2CCCCO2)nn1. The van der Waals surface area contributed by atoms with Crippen LogP contribution >= 0.6 is 0 Å². The standard InChI is InChI=1S/C28H31N7O/c1-21-17-22(9-14-26(21)28-20-35(32-30-28)18-25-8-4-5-16-36-25)7-6-15-34-19-27(29-31-34)23-10-12-24(13-11-23)33(2)3/h9-14,17,19-20,25H,4-5,8,15-16,18H2,1-3H3. The summed E-state index contributed by atoms with van der Waals surface area (Å²) in [6.07, 6.45) is 7.62. The van der Waals surface area contributed by atoms with Crippen molar-refractivity contribution in [2.75, 3.05) is 25.6 Å². The van der Waals surface area contributed by atoms with Crippen molar-refractivity contribution < 1.29 is 4.74 Å². The Balaban J connectivity index is 1.21. The van der Waals surface area contributed by atoms with E-state index in [1.54, 1.807) is 4.68 Å². The number of aromatic nitrogens is 6. The van der Waals surface area contributed by atoms with Crippen molar-refractivity contribution in [2.45, 2.75) is 45.4 Å². The van der Waals surface area contributed by atoms with Crippen LogP contribution in [0.5, 0.6) is 0 Å². The lowest BCUT2D eigenvalue weighted by Crippen LogP contribution is -2.24. The number of anilines is 1. The molecule has 36 heavy (non-hydrogen) atoms. The lowest BCUT2D eigenvalue weighted by molar-refractivity contribution is 0.00370. The normalized spacial score (nSPS) is 15.4. The summed E-state index contributed by atoms with van der Waals surface area (Å²) in [6, 6.07) is 14.4. The van der Waals surface area contributed by atoms with E-state index in [0.717, 1.165) is 65.3 Å². The number of hydrogen-bond donors (Lipinski definition) is 0. The molecule has 8 nitrogen and oxygen atoms in total. The maximum Gasteiger partial charge on any atom is 0.113 e. The molecule has 1 fully saturated rings. The second kappa shape index (κ2) is 10.8. The number of ether oxygens (including phenoxy) is 1. The topological polar surface area (TPSA) is 73.9 Å². The summed E-state index contributed by atoms with van der Waals surface area (Å²) in [5.74, 6) is 6.44. The molecule has 184 valence electrons. The minimum absolute atomic E-state index is 0.233. The van der Waals surface area contributed by atoms with E-state index in [4.69, 9.17) is 4.74 Å². The average molecular weight is 482 g/mol. The first-order valence-electron chi connectivity index (χ1n) is 12.3. The molecule has 3 heterocycles. The molecule has 0 N–H and O–H groups in total. The quantitative estimate of drug-likeness (QED) is 0.384. The minimum atomic E-state index is 0.233. The molecule has 8 heteroatoms. The zero-order valence-corrected chi connectivity index (χ0v) is 21.1. The van der Waals surface area contributed by atoms with Crippen LogP contribution in [0.2, 0.25) is 0 Å². The summed E-state index contributed by atoms with van der Waals surface area (Å²) in [5.41, 5.74) is 7.04. The Morgan fingerprint density at radius 2 is 1.75 bits per heavy atom. The van der Waals surface area contributed by atoms with Gasteiger partial charge in [0.15, 0.2) is 0 Å². The maximum absolute atomic E-state index is 5.83. The molecule has 2 aromatic heterocycles. The van der Waals surface area contributed by atoms with Crippen LogP contribution in [0, 0.1) is 18.8 Å². The molecule has 2 aromatic carbocycles. The Bertz CT molecular complexity index is 1370. The molecule has 1 aliphatic rings. The summed E-state index contributed by atoms with van der Waals surface area (Å²) in [5, 5.41) is 17.2. The molecule has 4 aromatic rings. The lowest BCUT2D eigenvalue weighted by atomic mass is 10.0. The van der Waals surface area contributed by atoms with Gasteiger partial charge in [-0.15, -0.1) is 10.2 Å². The highest BCUT2D eigenvalue weighted by Crippen LogP contribution is 2.23. The Morgan fingerprint density at radius 1 is 0.972 bits per heavy atom. The predicted molar refractivity (Wildman–Crippen MR) is 140 cm³/mol. The first-order valence-corrected chi connectivity index (χ1v) is 12.3. The van der Waals surface area contributed by atoms with Crippen molar-refractivity contribution in [1.29, 1.82) is 0 Å². The highest BCUT2D eigenvalue weighted by atomic mass is 16.5. The molecule has 1 aliphatic heterocycles. The molecule has 0 bridgehead atoms. The van der Waals surface area contributed by atoms with Crippen LogP contribution in [0.4, 0.5) is 5.69 Å². The van der Waals surface area contributed by atoms with E-state index in [0.29, 0.717) is 6.54 Å². The van der Waals surface area contributed by atoms with Crippen LogP contribution in [0.1, 0.15) is 30.4 Å². The van der Waals surface area contributed by atoms with Gasteiger partial charge in [-0.1, -0.05) is 40.5 Å². The van der Waals surface area contributed by atoms with Gasteiger partial charge in [-0.05, 0) is 56.0 Å². The number of aryl methyl sites for hydroxylation is 1. The largest absolute Gasteiger partial charge is 0.378 e. The highest BCUT2D eigenvalue weighted by molar-refractivity contribution is 5.64. The molecule has 1 atom stereocenters. The van der Waals surface area contributed by atoms with E-state index in [1.807, 2.05) is 37.2 Å². The molecular weight excluding hydrogens is 450 g/mol. The average Bonchev–Trinajstić information content (AvgIpc) is 3.55. The van der Waals surface area contributed by atoms with E-state index < -0.39 is 0 Å². The molecule has 0 aliphatic carbocycles. The molecule has 0 spiro atoms. The number of rotatable bonds is 6. The van der Waals surface area contributed by atoms with E-state index in [2.05, 4.69) is 80.7 Å². The molecule has 1 saturated heterocycles. The van der Waals surface area contributed by atoms with Gasteiger partial charge in [0.05, 0.1) is 25.0 Å². The Hall–Kier alpha value is -3.96. The van der Waals surface area contributed by atoms with Gasteiger partial charge in [-0.2, -0.15) is 0 Å². The summed E-state index contributed by atoms with van der Waals surface area (Å²) in [7, 11) is 4.05. The van der Waals surface area contributed by atoms with Gasteiger partial charge >= 0.3 is 0 Å².